The molecule has 0 radical (unpaired) electrons. The number of hydrogen-bond acceptors (Lipinski definition) is 4. The molecular formula is C22H33N5O2. The molecule has 0 fully saturated rings. The Kier molecular flexibility index (Phi) is 7.93. The number of rotatable bonds is 9. The SMILES string of the molecule is CCC(CC(=O)NCCN(CC)C(=O)c1cn(C(C)(C)C)nn1)c1ccccc1. The van der Waals surface area contributed by atoms with Crippen LogP contribution in [0.15, 0.2) is 36.5 Å². The Labute approximate surface area is 173 Å². The lowest BCUT2D eigenvalue weighted by molar-refractivity contribution is -0.121. The standard InChI is InChI=1S/C22H33N5O2/c1-6-17(18-11-9-8-10-12-18)15-20(28)23-13-14-26(7-2)21(29)19-16-27(25-24-19)22(3,4)5/h8-12,16-17H,6-7,13-15H2,1-5H3,(H,23,28). The molecular weight excluding hydrogens is 366 g/mol. The highest BCUT2D eigenvalue weighted by atomic mass is 16.2. The van der Waals surface area contributed by atoms with E-state index in [0.717, 1.165) is 6.42 Å². The first-order valence-corrected chi connectivity index (χ1v) is 10.3. The summed E-state index contributed by atoms with van der Waals surface area (Å²) in [6.45, 7) is 11.4. The Morgan fingerprint density at radius 1 is 1.17 bits per heavy atom. The molecule has 0 aliphatic rings. The second kappa shape index (κ2) is 10.2. The van der Waals surface area contributed by atoms with Crippen LogP contribution in [0.5, 0.6) is 0 Å². The van der Waals surface area contributed by atoms with E-state index in [-0.39, 0.29) is 23.3 Å². The summed E-state index contributed by atoms with van der Waals surface area (Å²) in [7, 11) is 0. The van der Waals surface area contributed by atoms with E-state index in [2.05, 4.69) is 34.7 Å². The molecule has 0 saturated heterocycles. The van der Waals surface area contributed by atoms with Crippen LogP contribution in [0.4, 0.5) is 0 Å². The Morgan fingerprint density at radius 3 is 2.41 bits per heavy atom. The summed E-state index contributed by atoms with van der Waals surface area (Å²) in [6, 6.07) is 10.1. The van der Waals surface area contributed by atoms with Gasteiger partial charge in [0, 0.05) is 26.1 Å². The van der Waals surface area contributed by atoms with Crippen molar-refractivity contribution in [1.29, 1.82) is 0 Å². The Morgan fingerprint density at radius 2 is 1.86 bits per heavy atom. The summed E-state index contributed by atoms with van der Waals surface area (Å²) >= 11 is 0. The van der Waals surface area contributed by atoms with E-state index in [1.54, 1.807) is 15.8 Å². The van der Waals surface area contributed by atoms with E-state index < -0.39 is 0 Å². The summed E-state index contributed by atoms with van der Waals surface area (Å²) in [4.78, 5) is 26.7. The number of amides is 2. The Bertz CT molecular complexity index is 795. The molecule has 0 saturated carbocycles. The highest BCUT2D eigenvalue weighted by Gasteiger charge is 2.22. The molecule has 1 atom stereocenters. The minimum absolute atomic E-state index is 0.00267. The number of nitrogens with zero attached hydrogens (tertiary/aromatic N) is 4. The van der Waals surface area contributed by atoms with Crippen molar-refractivity contribution in [2.24, 2.45) is 0 Å². The predicted molar refractivity (Wildman–Crippen MR) is 114 cm³/mol. The molecule has 7 nitrogen and oxygen atoms in total. The number of aromatic nitrogens is 3. The molecule has 1 N–H and O–H groups in total. The summed E-state index contributed by atoms with van der Waals surface area (Å²) in [5.74, 6) is 0.0309. The van der Waals surface area contributed by atoms with Crippen LogP contribution >= 0.6 is 0 Å². The molecule has 1 unspecified atom stereocenters. The van der Waals surface area contributed by atoms with Crippen LogP contribution in [0.1, 0.15) is 69.4 Å². The number of nitrogens with one attached hydrogen (secondary N) is 1. The number of benzene rings is 1. The van der Waals surface area contributed by atoms with Crippen molar-refractivity contribution < 1.29 is 9.59 Å². The second-order valence-electron chi connectivity index (χ2n) is 8.17. The smallest absolute Gasteiger partial charge is 0.276 e. The maximum atomic E-state index is 12.7. The number of hydrogen-bond donors (Lipinski definition) is 1. The van der Waals surface area contributed by atoms with Gasteiger partial charge in [0.15, 0.2) is 5.69 Å². The van der Waals surface area contributed by atoms with Crippen LogP contribution < -0.4 is 5.32 Å². The first-order valence-electron chi connectivity index (χ1n) is 10.3. The third-order valence-electron chi connectivity index (χ3n) is 4.97. The zero-order valence-electron chi connectivity index (χ0n) is 18.2. The predicted octanol–water partition coefficient (Wildman–Crippen LogP) is 3.20. The fourth-order valence-corrected chi connectivity index (χ4v) is 3.10. The minimum atomic E-state index is -0.231. The van der Waals surface area contributed by atoms with Crippen molar-refractivity contribution in [1.82, 2.24) is 25.2 Å². The average molecular weight is 400 g/mol. The normalized spacial score (nSPS) is 12.4. The van der Waals surface area contributed by atoms with Crippen molar-refractivity contribution in [2.75, 3.05) is 19.6 Å². The summed E-state index contributed by atoms with van der Waals surface area (Å²) in [5.41, 5.74) is 1.27. The molecule has 29 heavy (non-hydrogen) atoms. The molecule has 1 aromatic heterocycles. The van der Waals surface area contributed by atoms with Crippen molar-refractivity contribution in [2.45, 2.75) is 58.9 Å². The van der Waals surface area contributed by atoms with Gasteiger partial charge in [-0.05, 0) is 45.6 Å². The first kappa shape index (κ1) is 22.6. The molecule has 1 heterocycles. The van der Waals surface area contributed by atoms with Gasteiger partial charge in [0.25, 0.3) is 5.91 Å². The zero-order valence-corrected chi connectivity index (χ0v) is 18.2. The minimum Gasteiger partial charge on any atom is -0.354 e. The summed E-state index contributed by atoms with van der Waals surface area (Å²) in [6.07, 6.45) is 3.02. The van der Waals surface area contributed by atoms with Crippen LogP contribution in [-0.4, -0.2) is 51.3 Å². The highest BCUT2D eigenvalue weighted by molar-refractivity contribution is 5.92. The molecule has 158 valence electrons. The summed E-state index contributed by atoms with van der Waals surface area (Å²) < 4.78 is 1.68. The molecule has 2 rings (SSSR count). The van der Waals surface area contributed by atoms with Crippen molar-refractivity contribution >= 4 is 11.8 Å². The van der Waals surface area contributed by atoms with Crippen LogP contribution in [-0.2, 0) is 10.3 Å². The first-order chi connectivity index (χ1) is 13.8. The molecule has 0 aliphatic carbocycles. The molecule has 0 aliphatic heterocycles. The molecule has 7 heteroatoms. The van der Waals surface area contributed by atoms with Gasteiger partial charge in [0.1, 0.15) is 0 Å². The van der Waals surface area contributed by atoms with Gasteiger partial charge in [-0.2, -0.15) is 0 Å². The van der Waals surface area contributed by atoms with Crippen LogP contribution in [0.3, 0.4) is 0 Å². The van der Waals surface area contributed by atoms with Gasteiger partial charge in [-0.25, -0.2) is 4.68 Å². The van der Waals surface area contributed by atoms with Crippen LogP contribution in [0.2, 0.25) is 0 Å². The Balaban J connectivity index is 1.86. The van der Waals surface area contributed by atoms with Gasteiger partial charge >= 0.3 is 0 Å². The van der Waals surface area contributed by atoms with E-state index in [4.69, 9.17) is 0 Å². The van der Waals surface area contributed by atoms with Gasteiger partial charge < -0.3 is 10.2 Å². The summed E-state index contributed by atoms with van der Waals surface area (Å²) in [5, 5.41) is 11.0. The lowest BCUT2D eigenvalue weighted by Crippen LogP contribution is -2.39. The Hall–Kier alpha value is -2.70. The number of carbonyl (C=O) groups is 2. The molecule has 0 spiro atoms. The lowest BCUT2D eigenvalue weighted by Gasteiger charge is -2.21. The third kappa shape index (κ3) is 6.41. The molecule has 0 bridgehead atoms. The van der Waals surface area contributed by atoms with Crippen molar-refractivity contribution in [3.63, 3.8) is 0 Å². The van der Waals surface area contributed by atoms with Crippen LogP contribution in [0, 0.1) is 0 Å². The highest BCUT2D eigenvalue weighted by Crippen LogP contribution is 2.22. The van der Waals surface area contributed by atoms with Gasteiger partial charge in [0.05, 0.1) is 11.7 Å². The van der Waals surface area contributed by atoms with E-state index in [1.807, 2.05) is 45.9 Å². The third-order valence-corrected chi connectivity index (χ3v) is 4.97. The molecule has 2 amide bonds. The van der Waals surface area contributed by atoms with Crippen molar-refractivity contribution in [3.8, 4) is 0 Å². The van der Waals surface area contributed by atoms with Gasteiger partial charge in [0.2, 0.25) is 5.91 Å². The largest absolute Gasteiger partial charge is 0.354 e. The van der Waals surface area contributed by atoms with E-state index in [0.29, 0.717) is 31.7 Å². The number of likely N-dealkylation sites (N-methyl/N-ethyl adjacent to an activating group) is 1. The van der Waals surface area contributed by atoms with E-state index in [9.17, 15) is 9.59 Å². The quantitative estimate of drug-likeness (QED) is 0.702. The maximum absolute atomic E-state index is 12.7. The van der Waals surface area contributed by atoms with Crippen LogP contribution in [0.25, 0.3) is 0 Å². The molecule has 2 aromatic rings. The maximum Gasteiger partial charge on any atom is 0.276 e. The number of carbonyl (C=O) groups excluding carboxylic acids is 2. The second-order valence-corrected chi connectivity index (χ2v) is 8.17. The van der Waals surface area contributed by atoms with E-state index in [1.165, 1.54) is 5.56 Å². The zero-order chi connectivity index (χ0) is 21.4. The topological polar surface area (TPSA) is 80.1 Å². The van der Waals surface area contributed by atoms with E-state index >= 15 is 0 Å². The van der Waals surface area contributed by atoms with Gasteiger partial charge in [-0.15, -0.1) is 5.10 Å². The fraction of sp³-hybridized carbons (Fsp3) is 0.545. The fourth-order valence-electron chi connectivity index (χ4n) is 3.10. The lowest BCUT2D eigenvalue weighted by atomic mass is 9.93. The van der Waals surface area contributed by atoms with Gasteiger partial charge in [-0.3, -0.25) is 9.59 Å². The van der Waals surface area contributed by atoms with Crippen molar-refractivity contribution in [3.05, 3.63) is 47.8 Å². The van der Waals surface area contributed by atoms with Gasteiger partial charge in [-0.1, -0.05) is 42.5 Å². The molecule has 1 aromatic carbocycles. The monoisotopic (exact) mass is 399 g/mol. The average Bonchev–Trinajstić information content (AvgIpc) is 3.20.